The first-order valence-electron chi connectivity index (χ1n) is 7.85. The van der Waals surface area contributed by atoms with Crippen molar-refractivity contribution in [2.45, 2.75) is 51.2 Å². The van der Waals surface area contributed by atoms with Crippen LogP contribution in [0.15, 0.2) is 18.3 Å². The predicted octanol–water partition coefficient (Wildman–Crippen LogP) is 1.64. The van der Waals surface area contributed by atoms with Gasteiger partial charge in [0.15, 0.2) is 0 Å². The lowest BCUT2D eigenvalue weighted by Gasteiger charge is -2.43. The van der Waals surface area contributed by atoms with Crippen LogP contribution >= 0.6 is 0 Å². The molecule has 2 aliphatic rings. The summed E-state index contributed by atoms with van der Waals surface area (Å²) in [5.74, 6) is 1.16. The van der Waals surface area contributed by atoms with Crippen LogP contribution in [-0.4, -0.2) is 47.6 Å². The summed E-state index contributed by atoms with van der Waals surface area (Å²) >= 11 is 0. The largest absolute Gasteiger partial charge is 0.351 e. The third-order valence-corrected chi connectivity index (χ3v) is 4.62. The van der Waals surface area contributed by atoms with E-state index in [1.165, 1.54) is 31.5 Å². The molecule has 0 bridgehead atoms. The van der Waals surface area contributed by atoms with E-state index in [-0.39, 0.29) is 6.04 Å². The van der Waals surface area contributed by atoms with Gasteiger partial charge in [-0.15, -0.1) is 0 Å². The first-order valence-corrected chi connectivity index (χ1v) is 7.85. The average molecular weight is 274 g/mol. The number of hydrogen-bond acceptors (Lipinski definition) is 4. The smallest absolute Gasteiger partial charge is 0.132 e. The molecular weight excluding hydrogens is 248 g/mol. The van der Waals surface area contributed by atoms with E-state index < -0.39 is 0 Å². The Balaban J connectivity index is 1.84. The van der Waals surface area contributed by atoms with E-state index >= 15 is 0 Å². The van der Waals surface area contributed by atoms with Crippen molar-refractivity contribution in [3.8, 4) is 0 Å². The third kappa shape index (κ3) is 2.67. The lowest BCUT2D eigenvalue weighted by Crippen LogP contribution is -2.55. The Hall–Kier alpha value is -1.13. The maximum atomic E-state index is 5.99. The molecule has 4 heteroatoms. The van der Waals surface area contributed by atoms with Gasteiger partial charge in [0.1, 0.15) is 5.82 Å². The first-order chi connectivity index (χ1) is 9.65. The van der Waals surface area contributed by atoms with E-state index in [9.17, 15) is 0 Å². The average Bonchev–Trinajstić information content (AvgIpc) is 2.85. The fraction of sp³-hybridized carbons (Fsp3) is 0.688. The summed E-state index contributed by atoms with van der Waals surface area (Å²) in [6, 6.07) is 5.64. The number of nitrogens with zero attached hydrogens (tertiary/aromatic N) is 3. The maximum absolute atomic E-state index is 5.99. The van der Waals surface area contributed by atoms with Gasteiger partial charge in [0, 0.05) is 37.4 Å². The molecule has 3 heterocycles. The van der Waals surface area contributed by atoms with E-state index in [0.717, 1.165) is 24.8 Å². The van der Waals surface area contributed by atoms with Crippen LogP contribution in [0.2, 0.25) is 0 Å². The van der Waals surface area contributed by atoms with E-state index in [1.54, 1.807) is 0 Å². The van der Waals surface area contributed by atoms with Crippen molar-refractivity contribution >= 4 is 5.82 Å². The second kappa shape index (κ2) is 5.70. The number of piperazine rings is 1. The van der Waals surface area contributed by atoms with Gasteiger partial charge in [-0.25, -0.2) is 4.98 Å². The van der Waals surface area contributed by atoms with Gasteiger partial charge in [-0.05, 0) is 51.3 Å². The van der Waals surface area contributed by atoms with Crippen molar-refractivity contribution in [3.05, 3.63) is 23.9 Å². The topological polar surface area (TPSA) is 45.4 Å². The quantitative estimate of drug-likeness (QED) is 0.910. The van der Waals surface area contributed by atoms with Gasteiger partial charge < -0.3 is 10.6 Å². The Morgan fingerprint density at radius 2 is 2.30 bits per heavy atom. The highest BCUT2D eigenvalue weighted by atomic mass is 15.3. The monoisotopic (exact) mass is 274 g/mol. The fourth-order valence-electron chi connectivity index (χ4n) is 3.68. The standard InChI is InChI=1S/C16H26N4/c1-12(17)9-14-5-3-7-18-16(14)20-11-15-6-4-8-19(15)10-13(20)2/h3,5,7,12-13,15H,4,6,8-11,17H2,1-2H3. The normalized spacial score (nSPS) is 28.4. The molecule has 110 valence electrons. The molecule has 2 N–H and O–H groups in total. The van der Waals surface area contributed by atoms with Crippen LogP contribution in [-0.2, 0) is 6.42 Å². The van der Waals surface area contributed by atoms with E-state index in [4.69, 9.17) is 5.73 Å². The number of nitrogens with two attached hydrogens (primary N) is 1. The third-order valence-electron chi connectivity index (χ3n) is 4.62. The molecule has 3 rings (SSSR count). The highest BCUT2D eigenvalue weighted by Gasteiger charge is 2.35. The molecule has 2 fully saturated rings. The van der Waals surface area contributed by atoms with Gasteiger partial charge >= 0.3 is 0 Å². The zero-order valence-corrected chi connectivity index (χ0v) is 12.6. The summed E-state index contributed by atoms with van der Waals surface area (Å²) in [5, 5.41) is 0. The molecule has 3 unspecified atom stereocenters. The van der Waals surface area contributed by atoms with Crippen LogP contribution in [0.25, 0.3) is 0 Å². The van der Waals surface area contributed by atoms with Crippen LogP contribution < -0.4 is 10.6 Å². The summed E-state index contributed by atoms with van der Waals surface area (Å²) < 4.78 is 0. The van der Waals surface area contributed by atoms with Crippen molar-refractivity contribution in [1.29, 1.82) is 0 Å². The molecule has 4 nitrogen and oxygen atoms in total. The highest BCUT2D eigenvalue weighted by Crippen LogP contribution is 2.29. The summed E-state index contributed by atoms with van der Waals surface area (Å²) in [6.07, 6.45) is 5.49. The van der Waals surface area contributed by atoms with Crippen molar-refractivity contribution in [2.75, 3.05) is 24.5 Å². The van der Waals surface area contributed by atoms with Crippen molar-refractivity contribution < 1.29 is 0 Å². The molecule has 0 saturated carbocycles. The van der Waals surface area contributed by atoms with Gasteiger partial charge in [-0.1, -0.05) is 6.07 Å². The second-order valence-corrected chi connectivity index (χ2v) is 6.46. The Morgan fingerprint density at radius 1 is 1.45 bits per heavy atom. The summed E-state index contributed by atoms with van der Waals surface area (Å²) in [6.45, 7) is 7.94. The van der Waals surface area contributed by atoms with Crippen molar-refractivity contribution in [3.63, 3.8) is 0 Å². The van der Waals surface area contributed by atoms with Crippen LogP contribution in [0, 0.1) is 0 Å². The lowest BCUT2D eigenvalue weighted by molar-refractivity contribution is 0.202. The second-order valence-electron chi connectivity index (χ2n) is 6.46. The van der Waals surface area contributed by atoms with Crippen LogP contribution in [0.5, 0.6) is 0 Å². The van der Waals surface area contributed by atoms with Gasteiger partial charge in [0.05, 0.1) is 0 Å². The van der Waals surface area contributed by atoms with Gasteiger partial charge in [0.25, 0.3) is 0 Å². The minimum Gasteiger partial charge on any atom is -0.351 e. The zero-order chi connectivity index (χ0) is 14.1. The van der Waals surface area contributed by atoms with Gasteiger partial charge in [-0.2, -0.15) is 0 Å². The van der Waals surface area contributed by atoms with Crippen molar-refractivity contribution in [2.24, 2.45) is 5.73 Å². The molecular formula is C16H26N4. The molecule has 0 aliphatic carbocycles. The molecule has 1 aromatic heterocycles. The summed E-state index contributed by atoms with van der Waals surface area (Å²) in [7, 11) is 0. The highest BCUT2D eigenvalue weighted by molar-refractivity contribution is 5.49. The SMILES string of the molecule is CC(N)Cc1cccnc1N1CC2CCCN2CC1C. The van der Waals surface area contributed by atoms with E-state index in [1.807, 2.05) is 12.3 Å². The van der Waals surface area contributed by atoms with Crippen LogP contribution in [0.1, 0.15) is 32.3 Å². The Labute approximate surface area is 122 Å². The van der Waals surface area contributed by atoms with Crippen molar-refractivity contribution in [1.82, 2.24) is 9.88 Å². The Bertz CT molecular complexity index is 460. The van der Waals surface area contributed by atoms with Crippen LogP contribution in [0.4, 0.5) is 5.82 Å². The summed E-state index contributed by atoms with van der Waals surface area (Å²) in [5.41, 5.74) is 7.28. The van der Waals surface area contributed by atoms with E-state index in [0.29, 0.717) is 6.04 Å². The molecule has 20 heavy (non-hydrogen) atoms. The maximum Gasteiger partial charge on any atom is 0.132 e. The number of pyridine rings is 1. The lowest BCUT2D eigenvalue weighted by atomic mass is 10.0. The molecule has 0 spiro atoms. The minimum atomic E-state index is 0.182. The fourth-order valence-corrected chi connectivity index (χ4v) is 3.68. The Kier molecular flexibility index (Phi) is 3.94. The van der Waals surface area contributed by atoms with Gasteiger partial charge in [0.2, 0.25) is 0 Å². The predicted molar refractivity (Wildman–Crippen MR) is 83.0 cm³/mol. The number of hydrogen-bond donors (Lipinski definition) is 1. The number of rotatable bonds is 3. The number of anilines is 1. The first kappa shape index (κ1) is 13.8. The molecule has 1 aromatic rings. The number of fused-ring (bicyclic) bond motifs is 1. The van der Waals surface area contributed by atoms with Gasteiger partial charge in [-0.3, -0.25) is 4.90 Å². The van der Waals surface area contributed by atoms with Crippen LogP contribution in [0.3, 0.4) is 0 Å². The molecule has 0 aromatic carbocycles. The Morgan fingerprint density at radius 3 is 3.10 bits per heavy atom. The molecule has 0 radical (unpaired) electrons. The minimum absolute atomic E-state index is 0.182. The van der Waals surface area contributed by atoms with E-state index in [2.05, 4.69) is 34.7 Å². The number of aromatic nitrogens is 1. The molecule has 2 saturated heterocycles. The zero-order valence-electron chi connectivity index (χ0n) is 12.6. The molecule has 0 amide bonds. The molecule has 2 aliphatic heterocycles. The summed E-state index contributed by atoms with van der Waals surface area (Å²) in [4.78, 5) is 9.82. The molecule has 3 atom stereocenters.